The number of nitrogens with one attached hydrogen (secondary N) is 1. The number of carbonyl (C=O) groups excluding carboxylic acids is 1. The van der Waals surface area contributed by atoms with Crippen LogP contribution in [-0.4, -0.2) is 23.2 Å². The number of hydrogen-bond donors (Lipinski definition) is 2. The van der Waals surface area contributed by atoms with Crippen molar-refractivity contribution in [2.24, 2.45) is 0 Å². The van der Waals surface area contributed by atoms with Crippen molar-refractivity contribution in [1.82, 2.24) is 5.32 Å². The van der Waals surface area contributed by atoms with Gasteiger partial charge in [0, 0.05) is 6.42 Å². The summed E-state index contributed by atoms with van der Waals surface area (Å²) in [5.41, 5.74) is 1.04. The molecule has 0 spiro atoms. The monoisotopic (exact) mass is 231 g/mol. The van der Waals surface area contributed by atoms with Crippen molar-refractivity contribution in [1.29, 1.82) is 0 Å². The Morgan fingerprint density at radius 3 is 2.65 bits per heavy atom. The van der Waals surface area contributed by atoms with Gasteiger partial charge >= 0.3 is 0 Å². The lowest BCUT2D eigenvalue weighted by molar-refractivity contribution is -0.117. The normalized spacial score (nSPS) is 13.1. The molecule has 0 fully saturated rings. The molecule has 0 saturated heterocycles. The Hall–Kier alpha value is -1.79. The van der Waals surface area contributed by atoms with E-state index in [4.69, 9.17) is 0 Å². The highest BCUT2D eigenvalue weighted by Gasteiger charge is 2.15. The number of aliphatic hydroxyl groups excluding tert-OH is 1. The fourth-order valence-electron chi connectivity index (χ4n) is 1.48. The van der Waals surface area contributed by atoms with E-state index in [1.165, 1.54) is 0 Å². The van der Waals surface area contributed by atoms with Crippen LogP contribution in [0.25, 0.3) is 0 Å². The molecule has 0 heterocycles. The maximum Gasteiger partial charge on any atom is 0.296 e. The van der Waals surface area contributed by atoms with E-state index >= 15 is 0 Å². The number of amides is 1. The van der Waals surface area contributed by atoms with E-state index in [0.717, 1.165) is 5.56 Å². The molecule has 2 N–H and O–H groups in total. The van der Waals surface area contributed by atoms with Crippen LogP contribution in [-0.2, 0) is 11.2 Å². The highest BCUT2D eigenvalue weighted by atomic mass is 16.3. The summed E-state index contributed by atoms with van der Waals surface area (Å²) < 4.78 is 0. The molecule has 2 unspecified atom stereocenters. The summed E-state index contributed by atoms with van der Waals surface area (Å²) in [6.45, 7) is 3.37. The van der Waals surface area contributed by atoms with Gasteiger partial charge in [0.1, 0.15) is 0 Å². The Kier molecular flexibility index (Phi) is 5.25. The first kappa shape index (κ1) is 13.3. The molecule has 0 aliphatic heterocycles. The van der Waals surface area contributed by atoms with E-state index in [9.17, 15) is 9.90 Å². The van der Waals surface area contributed by atoms with Crippen LogP contribution in [0.1, 0.15) is 19.4 Å². The van der Waals surface area contributed by atoms with Crippen molar-refractivity contribution >= 4 is 5.91 Å². The van der Waals surface area contributed by atoms with Crippen molar-refractivity contribution in [3.63, 3.8) is 0 Å². The topological polar surface area (TPSA) is 49.3 Å². The molecule has 3 heteroatoms. The molecule has 1 rings (SSSR count). The number of aliphatic hydroxyl groups is 1. The van der Waals surface area contributed by atoms with E-state index in [1.807, 2.05) is 30.3 Å². The van der Waals surface area contributed by atoms with Crippen LogP contribution >= 0.6 is 0 Å². The molecule has 2 atom stereocenters. The highest BCUT2D eigenvalue weighted by molar-refractivity contribution is 5.93. The lowest BCUT2D eigenvalue weighted by atomic mass is 10.0. The van der Waals surface area contributed by atoms with E-state index in [2.05, 4.69) is 17.2 Å². The zero-order valence-corrected chi connectivity index (χ0v) is 10.1. The Labute approximate surface area is 102 Å². The predicted octanol–water partition coefficient (Wildman–Crippen LogP) is 1.12. The smallest absolute Gasteiger partial charge is 0.296 e. The number of benzene rings is 1. The Bertz CT molecular complexity index is 417. The lowest BCUT2D eigenvalue weighted by Crippen LogP contribution is -2.41. The number of rotatable bonds is 4. The average Bonchev–Trinajstić information content (AvgIpc) is 2.30. The maximum atomic E-state index is 11.2. The molecule has 0 aliphatic carbocycles. The minimum Gasteiger partial charge on any atom is -0.391 e. The molecular weight excluding hydrogens is 214 g/mol. The van der Waals surface area contributed by atoms with Crippen LogP contribution in [0, 0.1) is 11.8 Å². The average molecular weight is 231 g/mol. The first-order valence-electron chi connectivity index (χ1n) is 5.58. The van der Waals surface area contributed by atoms with Gasteiger partial charge in [0.05, 0.1) is 12.1 Å². The molecule has 0 saturated carbocycles. The molecule has 1 amide bonds. The van der Waals surface area contributed by atoms with Gasteiger partial charge in [-0.05, 0) is 25.3 Å². The second-order valence-corrected chi connectivity index (χ2v) is 3.89. The number of carbonyl (C=O) groups is 1. The summed E-state index contributed by atoms with van der Waals surface area (Å²) in [5.74, 6) is 4.55. The summed E-state index contributed by atoms with van der Waals surface area (Å²) in [5, 5.41) is 12.6. The summed E-state index contributed by atoms with van der Waals surface area (Å²) in [6, 6.07) is 9.36. The van der Waals surface area contributed by atoms with Gasteiger partial charge in [0.25, 0.3) is 5.91 Å². The van der Waals surface area contributed by atoms with Crippen LogP contribution in [0.3, 0.4) is 0 Å². The van der Waals surface area contributed by atoms with Gasteiger partial charge in [0.2, 0.25) is 0 Å². The van der Waals surface area contributed by atoms with E-state index in [1.54, 1.807) is 13.8 Å². The first-order valence-corrected chi connectivity index (χ1v) is 5.58. The quantitative estimate of drug-likeness (QED) is 0.763. The van der Waals surface area contributed by atoms with Crippen molar-refractivity contribution in [2.45, 2.75) is 32.4 Å². The maximum absolute atomic E-state index is 11.2. The van der Waals surface area contributed by atoms with Crippen LogP contribution < -0.4 is 5.32 Å². The van der Waals surface area contributed by atoms with Gasteiger partial charge in [-0.3, -0.25) is 4.79 Å². The van der Waals surface area contributed by atoms with Crippen LogP contribution in [0.15, 0.2) is 30.3 Å². The second-order valence-electron chi connectivity index (χ2n) is 3.89. The molecule has 17 heavy (non-hydrogen) atoms. The van der Waals surface area contributed by atoms with Gasteiger partial charge < -0.3 is 10.4 Å². The van der Waals surface area contributed by atoms with Crippen molar-refractivity contribution in [3.05, 3.63) is 35.9 Å². The first-order chi connectivity index (χ1) is 8.13. The zero-order chi connectivity index (χ0) is 12.7. The third-order valence-electron chi connectivity index (χ3n) is 2.46. The number of hydrogen-bond acceptors (Lipinski definition) is 2. The highest BCUT2D eigenvalue weighted by Crippen LogP contribution is 2.05. The van der Waals surface area contributed by atoms with Crippen LogP contribution in [0.4, 0.5) is 0 Å². The summed E-state index contributed by atoms with van der Waals surface area (Å²) in [6.07, 6.45) is -0.0954. The fourth-order valence-corrected chi connectivity index (χ4v) is 1.48. The predicted molar refractivity (Wildman–Crippen MR) is 67.2 cm³/mol. The van der Waals surface area contributed by atoms with Crippen LogP contribution in [0.5, 0.6) is 0 Å². The molecular formula is C14H17NO2. The Balaban J connectivity index is 2.49. The molecule has 0 aromatic heterocycles. The van der Waals surface area contributed by atoms with Crippen molar-refractivity contribution in [3.8, 4) is 11.8 Å². The summed E-state index contributed by atoms with van der Waals surface area (Å²) >= 11 is 0. The van der Waals surface area contributed by atoms with Crippen molar-refractivity contribution in [2.75, 3.05) is 0 Å². The summed E-state index contributed by atoms with van der Waals surface area (Å²) in [4.78, 5) is 11.2. The van der Waals surface area contributed by atoms with Crippen molar-refractivity contribution < 1.29 is 9.90 Å². The molecule has 1 aromatic rings. The van der Waals surface area contributed by atoms with Gasteiger partial charge in [-0.1, -0.05) is 36.3 Å². The van der Waals surface area contributed by atoms with Crippen LogP contribution in [0.2, 0.25) is 0 Å². The van der Waals surface area contributed by atoms with Gasteiger partial charge in [-0.2, -0.15) is 0 Å². The SMILES string of the molecule is CC#CC(=O)NC(C)C(O)Cc1ccccc1. The molecule has 0 aliphatic rings. The van der Waals surface area contributed by atoms with E-state index in [-0.39, 0.29) is 11.9 Å². The minimum atomic E-state index is -0.611. The Morgan fingerprint density at radius 1 is 1.41 bits per heavy atom. The molecule has 0 radical (unpaired) electrons. The van der Waals surface area contributed by atoms with E-state index in [0.29, 0.717) is 6.42 Å². The third-order valence-corrected chi connectivity index (χ3v) is 2.46. The van der Waals surface area contributed by atoms with Gasteiger partial charge in [-0.25, -0.2) is 0 Å². The lowest BCUT2D eigenvalue weighted by Gasteiger charge is -2.19. The van der Waals surface area contributed by atoms with Gasteiger partial charge in [0.15, 0.2) is 0 Å². The zero-order valence-electron chi connectivity index (χ0n) is 10.1. The minimum absolute atomic E-state index is 0.316. The fraction of sp³-hybridized carbons (Fsp3) is 0.357. The van der Waals surface area contributed by atoms with Gasteiger partial charge in [-0.15, -0.1) is 0 Å². The van der Waals surface area contributed by atoms with E-state index < -0.39 is 6.10 Å². The molecule has 0 bridgehead atoms. The largest absolute Gasteiger partial charge is 0.391 e. The molecule has 1 aromatic carbocycles. The standard InChI is InChI=1S/C14H17NO2/c1-3-7-14(17)15-11(2)13(16)10-12-8-5-4-6-9-12/h4-6,8-9,11,13,16H,10H2,1-2H3,(H,15,17). The molecule has 3 nitrogen and oxygen atoms in total. The second kappa shape index (κ2) is 6.72. The third kappa shape index (κ3) is 4.71. The molecule has 90 valence electrons. The Morgan fingerprint density at radius 2 is 2.06 bits per heavy atom. The summed E-state index contributed by atoms with van der Waals surface area (Å²) in [7, 11) is 0.